The van der Waals surface area contributed by atoms with Crippen LogP contribution in [-0.4, -0.2) is 5.91 Å². The summed E-state index contributed by atoms with van der Waals surface area (Å²) in [6, 6.07) is 10.9. The van der Waals surface area contributed by atoms with Crippen LogP contribution in [0, 0.1) is 5.82 Å². The van der Waals surface area contributed by atoms with Crippen molar-refractivity contribution in [1.29, 1.82) is 0 Å². The number of hydrogen-bond acceptors (Lipinski definition) is 1. The predicted molar refractivity (Wildman–Crippen MR) is 73.5 cm³/mol. The number of amides is 1. The second-order valence-corrected chi connectivity index (χ2v) is 4.94. The van der Waals surface area contributed by atoms with Crippen LogP contribution in [0.2, 0.25) is 5.02 Å². The van der Waals surface area contributed by atoms with Crippen LogP contribution >= 0.6 is 27.5 Å². The van der Waals surface area contributed by atoms with Crippen LogP contribution < -0.4 is 5.32 Å². The van der Waals surface area contributed by atoms with Gasteiger partial charge in [-0.25, -0.2) is 4.39 Å². The first-order chi connectivity index (χ1) is 8.56. The van der Waals surface area contributed by atoms with Gasteiger partial charge >= 0.3 is 0 Å². The number of rotatable bonds is 2. The second-order valence-electron chi connectivity index (χ2n) is 3.59. The first-order valence-corrected chi connectivity index (χ1v) is 6.25. The average Bonchev–Trinajstić information content (AvgIpc) is 2.33. The molecule has 0 aliphatic carbocycles. The number of carbonyl (C=O) groups is 1. The van der Waals surface area contributed by atoms with Crippen LogP contribution in [0.4, 0.5) is 10.1 Å². The van der Waals surface area contributed by atoms with Crippen molar-refractivity contribution in [3.05, 3.63) is 63.3 Å². The molecule has 0 heterocycles. The number of anilines is 1. The Morgan fingerprint density at radius 2 is 1.83 bits per heavy atom. The number of hydrogen-bond donors (Lipinski definition) is 1. The molecule has 2 aromatic carbocycles. The van der Waals surface area contributed by atoms with Gasteiger partial charge in [0.25, 0.3) is 5.91 Å². The van der Waals surface area contributed by atoms with Crippen LogP contribution in [0.25, 0.3) is 0 Å². The fourth-order valence-corrected chi connectivity index (χ4v) is 1.81. The lowest BCUT2D eigenvalue weighted by Gasteiger charge is -2.06. The Bertz CT molecular complexity index is 586. The fraction of sp³-hybridized carbons (Fsp3) is 0. The van der Waals surface area contributed by atoms with Gasteiger partial charge in [0.15, 0.2) is 0 Å². The van der Waals surface area contributed by atoms with Gasteiger partial charge in [0.1, 0.15) is 5.82 Å². The van der Waals surface area contributed by atoms with Crippen molar-refractivity contribution in [3.8, 4) is 0 Å². The molecule has 92 valence electrons. The van der Waals surface area contributed by atoms with Gasteiger partial charge in [-0.05, 0) is 42.5 Å². The van der Waals surface area contributed by atoms with E-state index in [0.29, 0.717) is 5.56 Å². The lowest BCUT2D eigenvalue weighted by molar-refractivity contribution is 0.102. The zero-order valence-electron chi connectivity index (χ0n) is 9.08. The quantitative estimate of drug-likeness (QED) is 0.864. The summed E-state index contributed by atoms with van der Waals surface area (Å²) >= 11 is 8.90. The topological polar surface area (TPSA) is 29.1 Å². The monoisotopic (exact) mass is 327 g/mol. The summed E-state index contributed by atoms with van der Waals surface area (Å²) in [6.07, 6.45) is 0. The molecule has 0 saturated heterocycles. The minimum atomic E-state index is -0.562. The molecule has 0 bridgehead atoms. The molecule has 0 atom stereocenters. The van der Waals surface area contributed by atoms with E-state index >= 15 is 0 Å². The number of nitrogens with one attached hydrogen (secondary N) is 1. The lowest BCUT2D eigenvalue weighted by Crippen LogP contribution is -2.12. The average molecular weight is 329 g/mol. The van der Waals surface area contributed by atoms with Crippen molar-refractivity contribution in [3.63, 3.8) is 0 Å². The number of carbonyl (C=O) groups excluding carboxylic acids is 1. The summed E-state index contributed by atoms with van der Waals surface area (Å²) in [5.74, 6) is -0.934. The molecule has 2 rings (SSSR count). The highest BCUT2D eigenvalue weighted by molar-refractivity contribution is 9.10. The highest BCUT2D eigenvalue weighted by Crippen LogP contribution is 2.20. The summed E-state index contributed by atoms with van der Waals surface area (Å²) in [7, 11) is 0. The standard InChI is InChI=1S/C13H8BrClFNO/c14-9-3-1-8(2-4-9)13(18)17-12-6-5-10(15)7-11(12)16/h1-7H,(H,17,18). The molecule has 0 radical (unpaired) electrons. The van der Waals surface area contributed by atoms with E-state index in [1.54, 1.807) is 24.3 Å². The molecule has 1 amide bonds. The van der Waals surface area contributed by atoms with Crippen molar-refractivity contribution >= 4 is 39.1 Å². The molecule has 0 unspecified atom stereocenters. The third-order valence-electron chi connectivity index (χ3n) is 2.29. The molecule has 2 aromatic rings. The van der Waals surface area contributed by atoms with Crippen LogP contribution in [0.3, 0.4) is 0 Å². The number of halogens is 3. The SMILES string of the molecule is O=C(Nc1ccc(Cl)cc1F)c1ccc(Br)cc1. The molecule has 0 spiro atoms. The van der Waals surface area contributed by atoms with Crippen molar-refractivity contribution < 1.29 is 9.18 Å². The van der Waals surface area contributed by atoms with E-state index in [4.69, 9.17) is 11.6 Å². The minimum absolute atomic E-state index is 0.104. The van der Waals surface area contributed by atoms with Crippen LogP contribution in [0.15, 0.2) is 46.9 Å². The Balaban J connectivity index is 2.18. The Morgan fingerprint density at radius 1 is 1.17 bits per heavy atom. The molecule has 1 N–H and O–H groups in total. The highest BCUT2D eigenvalue weighted by atomic mass is 79.9. The second kappa shape index (κ2) is 5.50. The Kier molecular flexibility index (Phi) is 3.99. The van der Waals surface area contributed by atoms with Gasteiger partial charge in [0.05, 0.1) is 5.69 Å². The molecule has 2 nitrogen and oxygen atoms in total. The van der Waals surface area contributed by atoms with Crippen molar-refractivity contribution in [2.45, 2.75) is 0 Å². The van der Waals surface area contributed by atoms with Gasteiger partial charge in [-0.1, -0.05) is 27.5 Å². The fourth-order valence-electron chi connectivity index (χ4n) is 1.39. The van der Waals surface area contributed by atoms with Crippen LogP contribution in [0.1, 0.15) is 10.4 Å². The maximum atomic E-state index is 13.5. The van der Waals surface area contributed by atoms with Crippen LogP contribution in [-0.2, 0) is 0 Å². The predicted octanol–water partition coefficient (Wildman–Crippen LogP) is 4.49. The number of benzene rings is 2. The van der Waals surface area contributed by atoms with E-state index in [2.05, 4.69) is 21.2 Å². The van der Waals surface area contributed by atoms with E-state index in [9.17, 15) is 9.18 Å². The molecular weight excluding hydrogens is 321 g/mol. The van der Waals surface area contributed by atoms with E-state index in [1.165, 1.54) is 12.1 Å². The van der Waals surface area contributed by atoms with Gasteiger partial charge in [-0.15, -0.1) is 0 Å². The zero-order chi connectivity index (χ0) is 13.1. The van der Waals surface area contributed by atoms with E-state index in [-0.39, 0.29) is 16.6 Å². The largest absolute Gasteiger partial charge is 0.319 e. The van der Waals surface area contributed by atoms with Gasteiger partial charge in [-0.3, -0.25) is 4.79 Å². The van der Waals surface area contributed by atoms with E-state index in [0.717, 1.165) is 10.5 Å². The smallest absolute Gasteiger partial charge is 0.255 e. The molecule has 18 heavy (non-hydrogen) atoms. The summed E-state index contributed by atoms with van der Waals surface area (Å²) in [6.45, 7) is 0. The molecular formula is C13H8BrClFNO. The van der Waals surface area contributed by atoms with Crippen molar-refractivity contribution in [2.75, 3.05) is 5.32 Å². The van der Waals surface area contributed by atoms with Gasteiger partial charge in [-0.2, -0.15) is 0 Å². The Labute approximate surface area is 117 Å². The van der Waals surface area contributed by atoms with Gasteiger partial charge < -0.3 is 5.32 Å². The first kappa shape index (κ1) is 13.1. The van der Waals surface area contributed by atoms with E-state index in [1.807, 2.05) is 0 Å². The highest BCUT2D eigenvalue weighted by Gasteiger charge is 2.09. The maximum Gasteiger partial charge on any atom is 0.255 e. The maximum absolute atomic E-state index is 13.5. The molecule has 5 heteroatoms. The van der Waals surface area contributed by atoms with Crippen molar-refractivity contribution in [2.24, 2.45) is 0 Å². The minimum Gasteiger partial charge on any atom is -0.319 e. The van der Waals surface area contributed by atoms with Crippen LogP contribution in [0.5, 0.6) is 0 Å². The third kappa shape index (κ3) is 3.09. The zero-order valence-corrected chi connectivity index (χ0v) is 11.4. The summed E-state index contributed by atoms with van der Waals surface area (Å²) < 4.78 is 14.4. The van der Waals surface area contributed by atoms with Gasteiger partial charge in [0, 0.05) is 15.1 Å². The molecule has 0 fully saturated rings. The molecule has 0 saturated carbocycles. The summed E-state index contributed by atoms with van der Waals surface area (Å²) in [5, 5.41) is 2.77. The summed E-state index contributed by atoms with van der Waals surface area (Å²) in [4.78, 5) is 11.8. The molecule has 0 aromatic heterocycles. The lowest BCUT2D eigenvalue weighted by atomic mass is 10.2. The first-order valence-electron chi connectivity index (χ1n) is 5.08. The molecule has 0 aliphatic rings. The Hall–Kier alpha value is -1.39. The Morgan fingerprint density at radius 3 is 2.44 bits per heavy atom. The van der Waals surface area contributed by atoms with E-state index < -0.39 is 5.82 Å². The normalized spacial score (nSPS) is 10.2. The van der Waals surface area contributed by atoms with Gasteiger partial charge in [0.2, 0.25) is 0 Å². The molecule has 0 aliphatic heterocycles. The third-order valence-corrected chi connectivity index (χ3v) is 3.05. The summed E-state index contributed by atoms with van der Waals surface area (Å²) in [5.41, 5.74) is 0.555. The van der Waals surface area contributed by atoms with Crippen molar-refractivity contribution in [1.82, 2.24) is 0 Å².